The van der Waals surface area contributed by atoms with E-state index in [9.17, 15) is 4.79 Å². The lowest BCUT2D eigenvalue weighted by molar-refractivity contribution is 0.301. The van der Waals surface area contributed by atoms with Gasteiger partial charge in [-0.3, -0.25) is 4.90 Å². The van der Waals surface area contributed by atoms with E-state index in [0.717, 1.165) is 32.5 Å². The number of hydrogen-bond donors (Lipinski definition) is 0. The highest BCUT2D eigenvalue weighted by Crippen LogP contribution is 2.49. The third-order valence-corrected chi connectivity index (χ3v) is 3.96. The Morgan fingerprint density at radius 3 is 2.76 bits per heavy atom. The number of hydrogen-bond acceptors (Lipinski definition) is 3. The lowest BCUT2D eigenvalue weighted by Gasteiger charge is -2.10. The van der Waals surface area contributed by atoms with E-state index in [1.54, 1.807) is 6.08 Å². The van der Waals surface area contributed by atoms with E-state index in [1.807, 2.05) is 0 Å². The van der Waals surface area contributed by atoms with Crippen LogP contribution < -0.4 is 0 Å². The van der Waals surface area contributed by atoms with Crippen molar-refractivity contribution < 1.29 is 4.79 Å². The minimum absolute atomic E-state index is 0.226. The van der Waals surface area contributed by atoms with E-state index in [-0.39, 0.29) is 5.54 Å². The molecule has 0 unspecified atom stereocenters. The molecule has 1 fully saturated rings. The molecule has 0 radical (unpaired) electrons. The van der Waals surface area contributed by atoms with Crippen LogP contribution in [-0.4, -0.2) is 17.5 Å². The van der Waals surface area contributed by atoms with E-state index in [1.165, 1.54) is 16.7 Å². The van der Waals surface area contributed by atoms with Crippen LogP contribution in [0.3, 0.4) is 0 Å². The Labute approximate surface area is 101 Å². The summed E-state index contributed by atoms with van der Waals surface area (Å²) in [4.78, 5) is 16.9. The topological polar surface area (TPSA) is 32.7 Å². The summed E-state index contributed by atoms with van der Waals surface area (Å²) >= 11 is 0. The Morgan fingerprint density at radius 1 is 1.35 bits per heavy atom. The number of aliphatic imine (C=N–C) groups is 1. The second-order valence-corrected chi connectivity index (χ2v) is 5.02. The third-order valence-electron chi connectivity index (χ3n) is 3.96. The molecule has 0 aromatic heterocycles. The van der Waals surface area contributed by atoms with Crippen molar-refractivity contribution in [2.24, 2.45) is 4.99 Å². The molecule has 3 nitrogen and oxygen atoms in total. The highest BCUT2D eigenvalue weighted by molar-refractivity contribution is 5.44. The first-order valence-corrected chi connectivity index (χ1v) is 6.21. The van der Waals surface area contributed by atoms with E-state index >= 15 is 0 Å². The molecule has 3 heteroatoms. The van der Waals surface area contributed by atoms with Gasteiger partial charge in [0.15, 0.2) is 0 Å². The van der Waals surface area contributed by atoms with Gasteiger partial charge in [0.05, 0.1) is 5.54 Å². The molecule has 0 atom stereocenters. The van der Waals surface area contributed by atoms with E-state index in [2.05, 4.69) is 35.0 Å². The Hall–Kier alpha value is -1.44. The fourth-order valence-electron chi connectivity index (χ4n) is 2.65. The molecule has 3 rings (SSSR count). The monoisotopic (exact) mass is 228 g/mol. The normalized spacial score (nSPS) is 20.8. The van der Waals surface area contributed by atoms with Crippen molar-refractivity contribution in [2.45, 2.75) is 38.4 Å². The Morgan fingerprint density at radius 2 is 2.12 bits per heavy atom. The van der Waals surface area contributed by atoms with Crippen molar-refractivity contribution >= 4 is 6.08 Å². The lowest BCUT2D eigenvalue weighted by Crippen LogP contribution is -2.14. The molecule has 88 valence electrons. The zero-order valence-electron chi connectivity index (χ0n) is 10.1. The molecule has 1 aliphatic heterocycles. The molecular formula is C14H16N2O. The average molecular weight is 228 g/mol. The Balaban J connectivity index is 1.93. The van der Waals surface area contributed by atoms with Gasteiger partial charge in [-0.25, -0.2) is 4.79 Å². The number of carbonyl (C=O) groups excluding carboxylic acids is 1. The standard InChI is InChI=1S/C14H16N2O/c1-2-16-8-11-3-4-13(7-12(11)9-16)14(5-6-14)15-10-17/h3-4,7H,2,5-6,8-9H2,1H3. The van der Waals surface area contributed by atoms with Gasteiger partial charge in [0, 0.05) is 13.1 Å². The van der Waals surface area contributed by atoms with Gasteiger partial charge in [-0.2, -0.15) is 4.99 Å². The van der Waals surface area contributed by atoms with Crippen LogP contribution in [0.4, 0.5) is 0 Å². The zero-order chi connectivity index (χ0) is 11.9. The molecule has 1 heterocycles. The van der Waals surface area contributed by atoms with Crippen molar-refractivity contribution in [1.82, 2.24) is 4.90 Å². The van der Waals surface area contributed by atoms with Gasteiger partial charge in [-0.1, -0.05) is 25.1 Å². The van der Waals surface area contributed by atoms with Crippen LogP contribution in [0.2, 0.25) is 0 Å². The quantitative estimate of drug-likeness (QED) is 0.587. The van der Waals surface area contributed by atoms with Crippen LogP contribution in [-0.2, 0) is 23.4 Å². The molecule has 1 aromatic rings. The summed E-state index contributed by atoms with van der Waals surface area (Å²) in [6, 6.07) is 6.56. The molecule has 0 bridgehead atoms. The fourth-order valence-corrected chi connectivity index (χ4v) is 2.65. The minimum Gasteiger partial charge on any atom is -0.295 e. The van der Waals surface area contributed by atoms with Crippen LogP contribution >= 0.6 is 0 Å². The largest absolute Gasteiger partial charge is 0.295 e. The highest BCUT2D eigenvalue weighted by atomic mass is 16.1. The smallest absolute Gasteiger partial charge is 0.235 e. The minimum atomic E-state index is -0.226. The molecule has 0 spiro atoms. The summed E-state index contributed by atoms with van der Waals surface area (Å²) in [7, 11) is 0. The average Bonchev–Trinajstić information content (AvgIpc) is 3.01. The van der Waals surface area contributed by atoms with Crippen molar-refractivity contribution in [3.8, 4) is 0 Å². The number of nitrogens with zero attached hydrogens (tertiary/aromatic N) is 2. The number of fused-ring (bicyclic) bond motifs is 1. The summed E-state index contributed by atoms with van der Waals surface area (Å²) in [6.07, 6.45) is 3.69. The van der Waals surface area contributed by atoms with E-state index in [0.29, 0.717) is 0 Å². The van der Waals surface area contributed by atoms with Gasteiger partial charge < -0.3 is 0 Å². The second-order valence-electron chi connectivity index (χ2n) is 5.02. The molecule has 0 N–H and O–H groups in total. The van der Waals surface area contributed by atoms with Crippen LogP contribution in [0.1, 0.15) is 36.5 Å². The van der Waals surface area contributed by atoms with Gasteiger partial charge in [0.1, 0.15) is 0 Å². The predicted molar refractivity (Wildman–Crippen MR) is 65.3 cm³/mol. The van der Waals surface area contributed by atoms with Crippen LogP contribution in [0.15, 0.2) is 23.2 Å². The first-order chi connectivity index (χ1) is 8.27. The van der Waals surface area contributed by atoms with Gasteiger partial charge >= 0.3 is 0 Å². The summed E-state index contributed by atoms with van der Waals surface area (Å²) in [6.45, 7) is 5.35. The summed E-state index contributed by atoms with van der Waals surface area (Å²) in [5.74, 6) is 0. The van der Waals surface area contributed by atoms with Gasteiger partial charge in [-0.05, 0) is 36.1 Å². The maximum atomic E-state index is 10.5. The highest BCUT2D eigenvalue weighted by Gasteiger charge is 2.45. The first kappa shape index (κ1) is 10.7. The number of isocyanates is 1. The number of rotatable bonds is 3. The summed E-state index contributed by atoms with van der Waals surface area (Å²) in [5, 5.41) is 0. The van der Waals surface area contributed by atoms with Crippen LogP contribution in [0.25, 0.3) is 0 Å². The molecular weight excluding hydrogens is 212 g/mol. The van der Waals surface area contributed by atoms with Crippen LogP contribution in [0, 0.1) is 0 Å². The van der Waals surface area contributed by atoms with Gasteiger partial charge in [0.2, 0.25) is 6.08 Å². The Bertz CT molecular complexity index is 499. The van der Waals surface area contributed by atoms with Crippen molar-refractivity contribution in [3.05, 3.63) is 34.9 Å². The third kappa shape index (κ3) is 1.72. The van der Waals surface area contributed by atoms with Crippen molar-refractivity contribution in [2.75, 3.05) is 6.54 Å². The molecule has 1 saturated carbocycles. The maximum absolute atomic E-state index is 10.5. The number of benzene rings is 1. The molecule has 1 aliphatic carbocycles. The van der Waals surface area contributed by atoms with Crippen molar-refractivity contribution in [3.63, 3.8) is 0 Å². The summed E-state index contributed by atoms with van der Waals surface area (Å²) < 4.78 is 0. The SMILES string of the molecule is CCN1Cc2ccc(C3(N=C=O)CC3)cc2C1. The molecule has 0 saturated heterocycles. The maximum Gasteiger partial charge on any atom is 0.235 e. The molecule has 2 aliphatic rings. The zero-order valence-corrected chi connectivity index (χ0v) is 10.1. The summed E-state index contributed by atoms with van der Waals surface area (Å²) in [5.41, 5.74) is 3.78. The molecule has 0 amide bonds. The van der Waals surface area contributed by atoms with Crippen molar-refractivity contribution in [1.29, 1.82) is 0 Å². The van der Waals surface area contributed by atoms with E-state index < -0.39 is 0 Å². The molecule has 1 aromatic carbocycles. The Kier molecular flexibility index (Phi) is 2.39. The van der Waals surface area contributed by atoms with Gasteiger partial charge in [-0.15, -0.1) is 0 Å². The molecule has 17 heavy (non-hydrogen) atoms. The van der Waals surface area contributed by atoms with Crippen LogP contribution in [0.5, 0.6) is 0 Å². The predicted octanol–water partition coefficient (Wildman–Crippen LogP) is 2.35. The fraction of sp³-hybridized carbons (Fsp3) is 0.500. The second kappa shape index (κ2) is 3.80. The lowest BCUT2D eigenvalue weighted by atomic mass is 10.00. The van der Waals surface area contributed by atoms with Gasteiger partial charge in [0.25, 0.3) is 0 Å². The first-order valence-electron chi connectivity index (χ1n) is 6.21. The van der Waals surface area contributed by atoms with E-state index in [4.69, 9.17) is 0 Å².